The highest BCUT2D eigenvalue weighted by atomic mass is 16.5. The summed E-state index contributed by atoms with van der Waals surface area (Å²) in [6.45, 7) is 4.76. The van der Waals surface area contributed by atoms with E-state index in [2.05, 4.69) is 24.9 Å². The van der Waals surface area contributed by atoms with Gasteiger partial charge in [-0.2, -0.15) is 0 Å². The molecule has 19 heavy (non-hydrogen) atoms. The highest BCUT2D eigenvalue weighted by Crippen LogP contribution is 2.32. The van der Waals surface area contributed by atoms with Crippen LogP contribution in [0.5, 0.6) is 11.5 Å². The Balaban J connectivity index is 2.33. The van der Waals surface area contributed by atoms with Gasteiger partial charge in [0.25, 0.3) is 0 Å². The summed E-state index contributed by atoms with van der Waals surface area (Å²) in [5.41, 5.74) is 7.68. The van der Waals surface area contributed by atoms with Crippen molar-refractivity contribution in [2.75, 3.05) is 0 Å². The molecule has 1 aromatic heterocycles. The number of rotatable bonds is 5. The van der Waals surface area contributed by atoms with E-state index >= 15 is 0 Å². The van der Waals surface area contributed by atoms with E-state index in [9.17, 15) is 0 Å². The van der Waals surface area contributed by atoms with Crippen LogP contribution in [-0.2, 0) is 6.54 Å². The monoisotopic (exact) mass is 256 g/mol. The van der Waals surface area contributed by atoms with Crippen molar-refractivity contribution >= 4 is 0 Å². The van der Waals surface area contributed by atoms with Crippen LogP contribution in [0.4, 0.5) is 0 Å². The highest BCUT2D eigenvalue weighted by Gasteiger charge is 2.11. The van der Waals surface area contributed by atoms with Gasteiger partial charge in [0.05, 0.1) is 5.69 Å². The number of pyridine rings is 1. The molecule has 0 saturated carbocycles. The van der Waals surface area contributed by atoms with E-state index in [4.69, 9.17) is 10.5 Å². The molecule has 2 N–H and O–H groups in total. The van der Waals surface area contributed by atoms with Gasteiger partial charge >= 0.3 is 0 Å². The smallest absolute Gasteiger partial charge is 0.150 e. The van der Waals surface area contributed by atoms with Crippen LogP contribution in [0.3, 0.4) is 0 Å². The topological polar surface area (TPSA) is 48.1 Å². The molecular weight excluding hydrogens is 236 g/mol. The van der Waals surface area contributed by atoms with Crippen LogP contribution in [0, 0.1) is 0 Å². The van der Waals surface area contributed by atoms with Crippen molar-refractivity contribution < 1.29 is 4.74 Å². The first-order valence-corrected chi connectivity index (χ1v) is 6.67. The highest BCUT2D eigenvalue weighted by molar-refractivity contribution is 5.40. The molecule has 1 heterocycles. The molecule has 1 atom stereocenters. The van der Waals surface area contributed by atoms with Gasteiger partial charge < -0.3 is 10.5 Å². The average molecular weight is 256 g/mol. The SMILES string of the molecule is CCC(C)c1ccccc1Oc1cccnc1CN. The molecule has 0 saturated heterocycles. The number of hydrogen-bond acceptors (Lipinski definition) is 3. The Labute approximate surface area is 114 Å². The lowest BCUT2D eigenvalue weighted by atomic mass is 9.98. The summed E-state index contributed by atoms with van der Waals surface area (Å²) < 4.78 is 6.01. The lowest BCUT2D eigenvalue weighted by molar-refractivity contribution is 0.461. The van der Waals surface area contributed by atoms with Crippen LogP contribution in [0.25, 0.3) is 0 Å². The minimum absolute atomic E-state index is 0.377. The summed E-state index contributed by atoms with van der Waals surface area (Å²) >= 11 is 0. The Morgan fingerprint density at radius 3 is 2.63 bits per heavy atom. The first-order chi connectivity index (χ1) is 9.26. The summed E-state index contributed by atoms with van der Waals surface area (Å²) in [5.74, 6) is 2.09. The van der Waals surface area contributed by atoms with Crippen LogP contribution in [0.2, 0.25) is 0 Å². The Kier molecular flexibility index (Phi) is 4.53. The van der Waals surface area contributed by atoms with Crippen molar-refractivity contribution in [1.82, 2.24) is 4.98 Å². The Hall–Kier alpha value is -1.87. The molecule has 2 rings (SSSR count). The second kappa shape index (κ2) is 6.34. The fraction of sp³-hybridized carbons (Fsp3) is 0.312. The van der Waals surface area contributed by atoms with Crippen molar-refractivity contribution in [3.63, 3.8) is 0 Å². The summed E-state index contributed by atoms with van der Waals surface area (Å²) in [6, 6.07) is 11.9. The van der Waals surface area contributed by atoms with E-state index in [0.29, 0.717) is 12.5 Å². The third-order valence-electron chi connectivity index (χ3n) is 3.32. The maximum absolute atomic E-state index is 6.01. The Morgan fingerprint density at radius 2 is 1.89 bits per heavy atom. The van der Waals surface area contributed by atoms with E-state index < -0.39 is 0 Å². The van der Waals surface area contributed by atoms with E-state index in [0.717, 1.165) is 23.6 Å². The summed E-state index contributed by atoms with van der Waals surface area (Å²) in [5, 5.41) is 0. The van der Waals surface area contributed by atoms with Crippen LogP contribution in [0.15, 0.2) is 42.6 Å². The fourth-order valence-electron chi connectivity index (χ4n) is 1.99. The van der Waals surface area contributed by atoms with Crippen LogP contribution in [-0.4, -0.2) is 4.98 Å². The van der Waals surface area contributed by atoms with Crippen molar-refractivity contribution in [3.8, 4) is 11.5 Å². The van der Waals surface area contributed by atoms with Gasteiger partial charge in [0, 0.05) is 12.7 Å². The lowest BCUT2D eigenvalue weighted by Gasteiger charge is -2.16. The third kappa shape index (κ3) is 3.12. The Morgan fingerprint density at radius 1 is 1.16 bits per heavy atom. The number of hydrogen-bond donors (Lipinski definition) is 1. The van der Waals surface area contributed by atoms with Gasteiger partial charge in [-0.05, 0) is 36.1 Å². The molecule has 0 fully saturated rings. The van der Waals surface area contributed by atoms with Gasteiger partial charge in [-0.25, -0.2) is 0 Å². The zero-order valence-corrected chi connectivity index (χ0v) is 11.5. The molecule has 0 radical (unpaired) electrons. The molecule has 100 valence electrons. The molecule has 0 aliphatic rings. The number of para-hydroxylation sites is 1. The Bertz CT molecular complexity index is 540. The molecule has 3 nitrogen and oxygen atoms in total. The molecule has 0 amide bonds. The molecule has 0 spiro atoms. The molecule has 1 aromatic carbocycles. The van der Waals surface area contributed by atoms with Gasteiger partial charge in [0.15, 0.2) is 0 Å². The molecule has 0 aliphatic heterocycles. The lowest BCUT2D eigenvalue weighted by Crippen LogP contribution is -2.03. The van der Waals surface area contributed by atoms with Gasteiger partial charge in [0.1, 0.15) is 11.5 Å². The normalized spacial score (nSPS) is 12.2. The average Bonchev–Trinajstić information content (AvgIpc) is 2.47. The summed E-state index contributed by atoms with van der Waals surface area (Å²) in [6.07, 6.45) is 2.81. The van der Waals surface area contributed by atoms with Crippen LogP contribution in [0.1, 0.15) is 37.4 Å². The number of nitrogens with two attached hydrogens (primary N) is 1. The van der Waals surface area contributed by atoms with Crippen molar-refractivity contribution in [1.29, 1.82) is 0 Å². The third-order valence-corrected chi connectivity index (χ3v) is 3.32. The molecule has 3 heteroatoms. The number of aromatic nitrogens is 1. The maximum Gasteiger partial charge on any atom is 0.150 e. The molecule has 2 aromatic rings. The standard InChI is InChI=1S/C16H20N2O/c1-3-12(2)13-7-4-5-8-15(13)19-16-9-6-10-18-14(16)11-17/h4-10,12H,3,11,17H2,1-2H3. The number of benzene rings is 1. The zero-order chi connectivity index (χ0) is 13.7. The van der Waals surface area contributed by atoms with Gasteiger partial charge in [-0.15, -0.1) is 0 Å². The van der Waals surface area contributed by atoms with Crippen LogP contribution < -0.4 is 10.5 Å². The number of ether oxygens (including phenoxy) is 1. The molecule has 0 aliphatic carbocycles. The molecule has 1 unspecified atom stereocenters. The second-order valence-corrected chi connectivity index (χ2v) is 4.60. The largest absolute Gasteiger partial charge is 0.455 e. The van der Waals surface area contributed by atoms with Crippen molar-refractivity contribution in [2.45, 2.75) is 32.7 Å². The van der Waals surface area contributed by atoms with E-state index in [-0.39, 0.29) is 0 Å². The minimum atomic E-state index is 0.377. The van der Waals surface area contributed by atoms with Gasteiger partial charge in [-0.3, -0.25) is 4.98 Å². The minimum Gasteiger partial charge on any atom is -0.455 e. The van der Waals surface area contributed by atoms with Crippen molar-refractivity contribution in [2.24, 2.45) is 5.73 Å². The predicted octanol–water partition coefficient (Wildman–Crippen LogP) is 3.85. The van der Waals surface area contributed by atoms with E-state index in [1.165, 1.54) is 5.56 Å². The maximum atomic E-state index is 6.01. The zero-order valence-electron chi connectivity index (χ0n) is 11.5. The summed E-state index contributed by atoms with van der Waals surface area (Å²) in [7, 11) is 0. The predicted molar refractivity (Wildman–Crippen MR) is 77.4 cm³/mol. The summed E-state index contributed by atoms with van der Waals surface area (Å²) in [4.78, 5) is 4.24. The first kappa shape index (κ1) is 13.6. The second-order valence-electron chi connectivity index (χ2n) is 4.60. The molecular formula is C16H20N2O. The van der Waals surface area contributed by atoms with Gasteiger partial charge in [-0.1, -0.05) is 32.0 Å². The first-order valence-electron chi connectivity index (χ1n) is 6.67. The van der Waals surface area contributed by atoms with Crippen LogP contribution >= 0.6 is 0 Å². The van der Waals surface area contributed by atoms with E-state index in [1.807, 2.05) is 30.3 Å². The molecule has 0 bridgehead atoms. The fourth-order valence-corrected chi connectivity index (χ4v) is 1.99. The quantitative estimate of drug-likeness (QED) is 0.884. The number of nitrogens with zero attached hydrogens (tertiary/aromatic N) is 1. The van der Waals surface area contributed by atoms with E-state index in [1.54, 1.807) is 6.20 Å². The van der Waals surface area contributed by atoms with Crippen molar-refractivity contribution in [3.05, 3.63) is 53.9 Å². The van der Waals surface area contributed by atoms with Gasteiger partial charge in [0.2, 0.25) is 0 Å².